The van der Waals surface area contributed by atoms with E-state index in [1.165, 1.54) is 5.01 Å². The molecule has 4 heteroatoms. The van der Waals surface area contributed by atoms with E-state index < -0.39 is 0 Å². The topological polar surface area (TPSA) is 49.4 Å². The van der Waals surface area contributed by atoms with E-state index in [9.17, 15) is 9.59 Å². The molecular formula is C16H14N2O2. The fourth-order valence-electron chi connectivity index (χ4n) is 2.28. The Morgan fingerprint density at radius 2 is 1.60 bits per heavy atom. The lowest BCUT2D eigenvalue weighted by Gasteiger charge is -2.28. The summed E-state index contributed by atoms with van der Waals surface area (Å²) in [7, 11) is 0. The van der Waals surface area contributed by atoms with E-state index in [1.807, 2.05) is 30.3 Å². The number of nitrogens with zero attached hydrogens (tertiary/aromatic N) is 1. The third kappa shape index (κ3) is 2.40. The molecular weight excluding hydrogens is 252 g/mol. The summed E-state index contributed by atoms with van der Waals surface area (Å²) in [5.74, 6) is -0.355. The molecule has 0 fully saturated rings. The SMILES string of the molecule is O=C(NN1Cc2ccccc2CC1=O)c1ccccc1. The minimum atomic E-state index is -0.265. The first kappa shape index (κ1) is 12.4. The fourth-order valence-corrected chi connectivity index (χ4v) is 2.28. The number of hydrazine groups is 1. The molecule has 2 aromatic rings. The van der Waals surface area contributed by atoms with Crippen molar-refractivity contribution in [3.8, 4) is 0 Å². The Hall–Kier alpha value is -2.62. The second kappa shape index (κ2) is 5.17. The average Bonchev–Trinajstić information content (AvgIpc) is 2.49. The van der Waals surface area contributed by atoms with Crippen LogP contribution in [0.25, 0.3) is 0 Å². The van der Waals surface area contributed by atoms with Crippen molar-refractivity contribution in [1.82, 2.24) is 10.4 Å². The second-order valence-corrected chi connectivity index (χ2v) is 4.73. The molecule has 20 heavy (non-hydrogen) atoms. The molecule has 0 aromatic heterocycles. The largest absolute Gasteiger partial charge is 0.273 e. The van der Waals surface area contributed by atoms with Crippen LogP contribution in [-0.4, -0.2) is 16.8 Å². The summed E-state index contributed by atoms with van der Waals surface area (Å²) >= 11 is 0. The molecule has 3 rings (SSSR count). The van der Waals surface area contributed by atoms with Gasteiger partial charge in [-0.3, -0.25) is 15.0 Å². The van der Waals surface area contributed by atoms with Gasteiger partial charge in [-0.05, 0) is 23.3 Å². The first-order valence-electron chi connectivity index (χ1n) is 6.47. The number of rotatable bonds is 2. The minimum absolute atomic E-state index is 0.0898. The van der Waals surface area contributed by atoms with E-state index in [-0.39, 0.29) is 11.8 Å². The molecule has 1 N–H and O–H groups in total. The molecule has 0 saturated heterocycles. The summed E-state index contributed by atoms with van der Waals surface area (Å²) in [6.45, 7) is 0.410. The lowest BCUT2D eigenvalue weighted by Crippen LogP contribution is -2.48. The van der Waals surface area contributed by atoms with Crippen molar-refractivity contribution < 1.29 is 9.59 Å². The van der Waals surface area contributed by atoms with E-state index in [0.717, 1.165) is 11.1 Å². The van der Waals surface area contributed by atoms with Gasteiger partial charge >= 0.3 is 0 Å². The van der Waals surface area contributed by atoms with Crippen molar-refractivity contribution in [2.45, 2.75) is 13.0 Å². The molecule has 0 saturated carbocycles. The molecule has 1 heterocycles. The fraction of sp³-hybridized carbons (Fsp3) is 0.125. The molecule has 0 radical (unpaired) electrons. The molecule has 0 aliphatic carbocycles. The van der Waals surface area contributed by atoms with Gasteiger partial charge in [0.25, 0.3) is 5.91 Å². The number of hydrogen-bond donors (Lipinski definition) is 1. The summed E-state index contributed by atoms with van der Waals surface area (Å²) < 4.78 is 0. The Balaban J connectivity index is 1.76. The number of amides is 2. The average molecular weight is 266 g/mol. The first-order chi connectivity index (χ1) is 9.74. The number of nitrogens with one attached hydrogen (secondary N) is 1. The lowest BCUT2D eigenvalue weighted by molar-refractivity contribution is -0.134. The van der Waals surface area contributed by atoms with Gasteiger partial charge in [0.15, 0.2) is 0 Å². The van der Waals surface area contributed by atoms with E-state index in [0.29, 0.717) is 18.5 Å². The van der Waals surface area contributed by atoms with Crippen molar-refractivity contribution in [1.29, 1.82) is 0 Å². The van der Waals surface area contributed by atoms with Gasteiger partial charge in [0.1, 0.15) is 0 Å². The highest BCUT2D eigenvalue weighted by atomic mass is 16.2. The van der Waals surface area contributed by atoms with Crippen molar-refractivity contribution in [2.75, 3.05) is 0 Å². The molecule has 1 aliphatic rings. The predicted molar refractivity (Wildman–Crippen MR) is 74.6 cm³/mol. The van der Waals surface area contributed by atoms with Crippen molar-refractivity contribution >= 4 is 11.8 Å². The smallest absolute Gasteiger partial charge is 0.269 e. The Morgan fingerprint density at radius 1 is 0.950 bits per heavy atom. The Morgan fingerprint density at radius 3 is 2.35 bits per heavy atom. The zero-order valence-electron chi connectivity index (χ0n) is 10.9. The van der Waals surface area contributed by atoms with Gasteiger partial charge < -0.3 is 0 Å². The van der Waals surface area contributed by atoms with E-state index >= 15 is 0 Å². The van der Waals surface area contributed by atoms with E-state index in [2.05, 4.69) is 5.43 Å². The van der Waals surface area contributed by atoms with Gasteiger partial charge in [0.2, 0.25) is 5.91 Å². The van der Waals surface area contributed by atoms with Gasteiger partial charge in [-0.25, -0.2) is 5.01 Å². The van der Waals surface area contributed by atoms with Crippen molar-refractivity contribution in [3.05, 3.63) is 71.3 Å². The normalized spacial score (nSPS) is 13.8. The number of hydrogen-bond acceptors (Lipinski definition) is 2. The van der Waals surface area contributed by atoms with Crippen LogP contribution in [0.1, 0.15) is 21.5 Å². The summed E-state index contributed by atoms with van der Waals surface area (Å²) in [5.41, 5.74) is 5.31. The van der Waals surface area contributed by atoms with Crippen LogP contribution in [0.5, 0.6) is 0 Å². The molecule has 0 atom stereocenters. The maximum Gasteiger partial charge on any atom is 0.269 e. The highest BCUT2D eigenvalue weighted by Crippen LogP contribution is 2.18. The maximum atomic E-state index is 12.1. The molecule has 0 unspecified atom stereocenters. The van der Waals surface area contributed by atoms with Crippen LogP contribution >= 0.6 is 0 Å². The predicted octanol–water partition coefficient (Wildman–Crippen LogP) is 1.92. The third-order valence-corrected chi connectivity index (χ3v) is 3.36. The first-order valence-corrected chi connectivity index (χ1v) is 6.47. The Labute approximate surface area is 117 Å². The molecule has 2 amide bonds. The van der Waals surface area contributed by atoms with E-state index in [1.54, 1.807) is 24.3 Å². The number of carbonyl (C=O) groups excluding carboxylic acids is 2. The Bertz CT molecular complexity index is 653. The zero-order chi connectivity index (χ0) is 13.9. The van der Waals surface area contributed by atoms with Crippen LogP contribution in [0, 0.1) is 0 Å². The van der Waals surface area contributed by atoms with E-state index in [4.69, 9.17) is 0 Å². The summed E-state index contributed by atoms with van der Waals surface area (Å²) in [6, 6.07) is 16.7. The Kier molecular flexibility index (Phi) is 3.21. The monoisotopic (exact) mass is 266 g/mol. The minimum Gasteiger partial charge on any atom is -0.273 e. The maximum absolute atomic E-state index is 12.1. The van der Waals surface area contributed by atoms with Crippen LogP contribution in [0.4, 0.5) is 0 Å². The lowest BCUT2D eigenvalue weighted by atomic mass is 10.0. The van der Waals surface area contributed by atoms with Gasteiger partial charge in [-0.15, -0.1) is 0 Å². The molecule has 0 spiro atoms. The van der Waals surface area contributed by atoms with Crippen LogP contribution < -0.4 is 5.43 Å². The zero-order valence-corrected chi connectivity index (χ0v) is 10.9. The van der Waals surface area contributed by atoms with Crippen molar-refractivity contribution in [2.24, 2.45) is 0 Å². The summed E-state index contributed by atoms with van der Waals surface area (Å²) in [6.07, 6.45) is 0.325. The molecule has 100 valence electrons. The molecule has 0 bridgehead atoms. The summed E-state index contributed by atoms with van der Waals surface area (Å²) in [4.78, 5) is 24.1. The number of carbonyl (C=O) groups is 2. The number of benzene rings is 2. The van der Waals surface area contributed by atoms with Gasteiger partial charge in [-0.2, -0.15) is 0 Å². The van der Waals surface area contributed by atoms with Gasteiger partial charge in [0.05, 0.1) is 13.0 Å². The molecule has 2 aromatic carbocycles. The van der Waals surface area contributed by atoms with Gasteiger partial charge in [-0.1, -0.05) is 42.5 Å². The van der Waals surface area contributed by atoms with Gasteiger partial charge in [0, 0.05) is 5.56 Å². The quantitative estimate of drug-likeness (QED) is 0.902. The third-order valence-electron chi connectivity index (χ3n) is 3.36. The van der Waals surface area contributed by atoms with Crippen LogP contribution in [0.3, 0.4) is 0 Å². The highest BCUT2D eigenvalue weighted by molar-refractivity contribution is 5.95. The van der Waals surface area contributed by atoms with Crippen LogP contribution in [0.2, 0.25) is 0 Å². The number of fused-ring (bicyclic) bond motifs is 1. The second-order valence-electron chi connectivity index (χ2n) is 4.73. The van der Waals surface area contributed by atoms with Crippen LogP contribution in [-0.2, 0) is 17.8 Å². The summed E-state index contributed by atoms with van der Waals surface area (Å²) in [5, 5.41) is 1.39. The standard InChI is InChI=1S/C16H14N2O2/c19-15-10-13-8-4-5-9-14(13)11-18(15)17-16(20)12-6-2-1-3-7-12/h1-9H,10-11H2,(H,17,20). The van der Waals surface area contributed by atoms with Crippen molar-refractivity contribution in [3.63, 3.8) is 0 Å². The molecule has 4 nitrogen and oxygen atoms in total. The van der Waals surface area contributed by atoms with Crippen LogP contribution in [0.15, 0.2) is 54.6 Å². The molecule has 1 aliphatic heterocycles. The highest BCUT2D eigenvalue weighted by Gasteiger charge is 2.24.